The fourth-order valence-electron chi connectivity index (χ4n) is 2.09. The first-order valence-corrected chi connectivity index (χ1v) is 8.93. The van der Waals surface area contributed by atoms with Crippen molar-refractivity contribution in [2.75, 3.05) is 6.54 Å². The zero-order valence-electron chi connectivity index (χ0n) is 11.1. The summed E-state index contributed by atoms with van der Waals surface area (Å²) in [7, 11) is 0. The molecule has 0 aliphatic heterocycles. The zero-order valence-corrected chi connectivity index (χ0v) is 16.4. The molecule has 0 fully saturated rings. The van der Waals surface area contributed by atoms with Crippen molar-refractivity contribution in [2.24, 2.45) is 0 Å². The second-order valence-electron chi connectivity index (χ2n) is 4.44. The smallest absolute Gasteiger partial charge is 0.137 e. The largest absolute Gasteiger partial charge is 0.306 e. The third-order valence-corrected chi connectivity index (χ3v) is 5.03. The number of hydrogen-bond donors (Lipinski definition) is 1. The van der Waals surface area contributed by atoms with Gasteiger partial charge >= 0.3 is 0 Å². The van der Waals surface area contributed by atoms with Crippen LogP contribution in [0.15, 0.2) is 39.3 Å². The molecule has 0 radical (unpaired) electrons. The first-order chi connectivity index (χ1) is 9.93. The van der Waals surface area contributed by atoms with Crippen molar-refractivity contribution in [3.8, 4) is 0 Å². The van der Waals surface area contributed by atoms with Crippen LogP contribution in [0.1, 0.15) is 24.1 Å². The van der Waals surface area contributed by atoms with Crippen LogP contribution in [-0.2, 0) is 0 Å². The Bertz CT molecular complexity index is 664. The van der Waals surface area contributed by atoms with Gasteiger partial charge in [0.15, 0.2) is 0 Å². The average molecular weight is 531 g/mol. The van der Waals surface area contributed by atoms with Crippen molar-refractivity contribution < 1.29 is 8.78 Å². The Kier molecular flexibility index (Phi) is 6.16. The van der Waals surface area contributed by atoms with Gasteiger partial charge in [-0.15, -0.1) is 0 Å². The van der Waals surface area contributed by atoms with Crippen LogP contribution >= 0.6 is 54.5 Å². The van der Waals surface area contributed by atoms with Crippen LogP contribution < -0.4 is 5.32 Å². The molecular formula is C15H12Br2F2IN. The third kappa shape index (κ3) is 4.03. The topological polar surface area (TPSA) is 12.0 Å². The van der Waals surface area contributed by atoms with Gasteiger partial charge in [-0.2, -0.15) is 0 Å². The molecule has 112 valence electrons. The van der Waals surface area contributed by atoms with E-state index < -0.39 is 17.7 Å². The van der Waals surface area contributed by atoms with Crippen LogP contribution in [0.5, 0.6) is 0 Å². The molecule has 0 heterocycles. The fraction of sp³-hybridized carbons (Fsp3) is 0.200. The van der Waals surface area contributed by atoms with Crippen molar-refractivity contribution in [3.63, 3.8) is 0 Å². The predicted octanol–water partition coefficient (Wildman–Crippen LogP) is 5.79. The Balaban J connectivity index is 2.58. The quantitative estimate of drug-likeness (QED) is 0.389. The summed E-state index contributed by atoms with van der Waals surface area (Å²) in [5.74, 6) is -0.920. The molecule has 21 heavy (non-hydrogen) atoms. The van der Waals surface area contributed by atoms with Gasteiger partial charge in [-0.1, -0.05) is 22.9 Å². The number of halogens is 5. The van der Waals surface area contributed by atoms with E-state index >= 15 is 0 Å². The third-order valence-electron chi connectivity index (χ3n) is 3.03. The Morgan fingerprint density at radius 2 is 1.76 bits per heavy atom. The highest BCUT2D eigenvalue weighted by atomic mass is 127. The summed E-state index contributed by atoms with van der Waals surface area (Å²) in [6.07, 6.45) is 0. The van der Waals surface area contributed by atoms with E-state index in [9.17, 15) is 8.78 Å². The van der Waals surface area contributed by atoms with E-state index in [1.165, 1.54) is 6.07 Å². The number of benzene rings is 2. The maximum atomic E-state index is 14.3. The molecule has 2 rings (SSSR count). The maximum absolute atomic E-state index is 14.3. The van der Waals surface area contributed by atoms with Gasteiger partial charge in [0.25, 0.3) is 0 Å². The van der Waals surface area contributed by atoms with Gasteiger partial charge in [-0.3, -0.25) is 0 Å². The van der Waals surface area contributed by atoms with E-state index in [4.69, 9.17) is 0 Å². The monoisotopic (exact) mass is 529 g/mol. The standard InChI is InChI=1S/C15H12Br2F2IN/c1-2-21-15(9-5-8(20)3-4-11(9)16)10-6-14(19)12(17)7-13(10)18/h3-7,15,21H,2H2,1H3. The summed E-state index contributed by atoms with van der Waals surface area (Å²) in [6, 6.07) is 7.80. The molecule has 0 aliphatic carbocycles. The normalized spacial score (nSPS) is 12.5. The molecule has 2 aromatic carbocycles. The molecule has 0 aliphatic rings. The molecule has 0 amide bonds. The van der Waals surface area contributed by atoms with Crippen molar-refractivity contribution in [1.82, 2.24) is 5.32 Å². The second-order valence-corrected chi connectivity index (χ2v) is 7.40. The summed E-state index contributed by atoms with van der Waals surface area (Å²) in [4.78, 5) is 0. The van der Waals surface area contributed by atoms with Gasteiger partial charge < -0.3 is 5.32 Å². The Morgan fingerprint density at radius 3 is 2.43 bits per heavy atom. The van der Waals surface area contributed by atoms with Gasteiger partial charge in [0, 0.05) is 13.6 Å². The van der Waals surface area contributed by atoms with Crippen molar-refractivity contribution in [3.05, 3.63) is 65.6 Å². The highest BCUT2D eigenvalue weighted by Crippen LogP contribution is 2.33. The van der Waals surface area contributed by atoms with E-state index in [1.807, 2.05) is 25.1 Å². The summed E-state index contributed by atoms with van der Waals surface area (Å²) < 4.78 is 30.1. The summed E-state index contributed by atoms with van der Waals surface area (Å²) in [6.45, 7) is 2.57. The van der Waals surface area contributed by atoms with Crippen molar-refractivity contribution in [2.45, 2.75) is 13.0 Å². The maximum Gasteiger partial charge on any atom is 0.137 e. The van der Waals surface area contributed by atoms with Gasteiger partial charge in [0.2, 0.25) is 0 Å². The van der Waals surface area contributed by atoms with Crippen molar-refractivity contribution >= 4 is 54.5 Å². The molecule has 0 aromatic heterocycles. The minimum absolute atomic E-state index is 0.126. The lowest BCUT2D eigenvalue weighted by atomic mass is 9.98. The summed E-state index contributed by atoms with van der Waals surface area (Å²) in [5, 5.41) is 3.22. The molecule has 1 N–H and O–H groups in total. The molecule has 0 saturated carbocycles. The van der Waals surface area contributed by atoms with Gasteiger partial charge in [-0.25, -0.2) is 8.78 Å². The van der Waals surface area contributed by atoms with Gasteiger partial charge in [0.05, 0.1) is 10.5 Å². The predicted molar refractivity (Wildman–Crippen MR) is 96.4 cm³/mol. The van der Waals surface area contributed by atoms with Crippen LogP contribution in [0.2, 0.25) is 0 Å². The van der Waals surface area contributed by atoms with Crippen molar-refractivity contribution in [1.29, 1.82) is 0 Å². The van der Waals surface area contributed by atoms with E-state index in [0.29, 0.717) is 12.1 Å². The molecule has 0 spiro atoms. The Morgan fingerprint density at radius 1 is 1.05 bits per heavy atom. The minimum Gasteiger partial charge on any atom is -0.306 e. The number of nitrogens with one attached hydrogen (secondary N) is 1. The van der Waals surface area contributed by atoms with E-state index in [-0.39, 0.29) is 4.47 Å². The molecule has 6 heteroatoms. The minimum atomic E-state index is -0.476. The lowest BCUT2D eigenvalue weighted by Crippen LogP contribution is -2.23. The van der Waals surface area contributed by atoms with Crippen LogP contribution in [0, 0.1) is 15.2 Å². The average Bonchev–Trinajstić information content (AvgIpc) is 2.43. The summed E-state index contributed by atoms with van der Waals surface area (Å²) in [5.41, 5.74) is 1.17. The van der Waals surface area contributed by atoms with Crippen LogP contribution in [0.3, 0.4) is 0 Å². The van der Waals surface area contributed by atoms with Gasteiger partial charge in [-0.05, 0) is 81.0 Å². The number of hydrogen-bond acceptors (Lipinski definition) is 1. The lowest BCUT2D eigenvalue weighted by molar-refractivity contribution is 0.541. The first-order valence-electron chi connectivity index (χ1n) is 6.26. The highest BCUT2D eigenvalue weighted by Gasteiger charge is 2.21. The van der Waals surface area contributed by atoms with Crippen LogP contribution in [0.25, 0.3) is 0 Å². The molecule has 0 bridgehead atoms. The SMILES string of the molecule is CCNC(c1cc(F)c(Br)cc1F)c1cc(I)ccc1Br. The molecule has 1 atom stereocenters. The molecule has 0 saturated heterocycles. The zero-order chi connectivity index (χ0) is 15.6. The highest BCUT2D eigenvalue weighted by molar-refractivity contribution is 14.1. The van der Waals surface area contributed by atoms with E-state index in [0.717, 1.165) is 19.7 Å². The van der Waals surface area contributed by atoms with E-state index in [1.54, 1.807) is 0 Å². The Hall–Kier alpha value is -0.0500. The molecule has 1 nitrogen and oxygen atoms in total. The van der Waals surface area contributed by atoms with Crippen LogP contribution in [0.4, 0.5) is 8.78 Å². The van der Waals surface area contributed by atoms with E-state index in [2.05, 4.69) is 59.8 Å². The second kappa shape index (κ2) is 7.48. The first kappa shape index (κ1) is 17.3. The van der Waals surface area contributed by atoms with Crippen LogP contribution in [-0.4, -0.2) is 6.54 Å². The number of rotatable bonds is 4. The molecular weight excluding hydrogens is 519 g/mol. The fourth-order valence-corrected chi connectivity index (χ4v) is 3.39. The lowest BCUT2D eigenvalue weighted by Gasteiger charge is -2.21. The van der Waals surface area contributed by atoms with Gasteiger partial charge in [0.1, 0.15) is 11.6 Å². The Labute approximate surface area is 152 Å². The molecule has 1 unspecified atom stereocenters. The summed E-state index contributed by atoms with van der Waals surface area (Å²) >= 11 is 8.69. The molecule has 2 aromatic rings.